The zero-order valence-electron chi connectivity index (χ0n) is 15.6. The van der Waals surface area contributed by atoms with Crippen LogP contribution in [0.1, 0.15) is 104 Å². The molecule has 0 spiro atoms. The molecule has 1 amide bonds. The topological polar surface area (TPSA) is 29.1 Å². The third-order valence-corrected chi connectivity index (χ3v) is 6.33. The largest absolute Gasteiger partial charge is 0.353 e. The lowest BCUT2D eigenvalue weighted by atomic mass is 9.84. The van der Waals surface area contributed by atoms with Crippen molar-refractivity contribution in [2.45, 2.75) is 110 Å². The lowest BCUT2D eigenvalue weighted by Crippen LogP contribution is -2.40. The van der Waals surface area contributed by atoms with E-state index in [4.69, 9.17) is 0 Å². The molecule has 4 unspecified atom stereocenters. The van der Waals surface area contributed by atoms with Crippen LogP contribution in [0.5, 0.6) is 0 Å². The van der Waals surface area contributed by atoms with Crippen LogP contribution in [0.25, 0.3) is 0 Å². The van der Waals surface area contributed by atoms with Gasteiger partial charge in [-0.05, 0) is 50.4 Å². The van der Waals surface area contributed by atoms with Crippen molar-refractivity contribution in [3.05, 3.63) is 0 Å². The minimum absolute atomic E-state index is 0.295. The Hall–Kier alpha value is -0.530. The van der Waals surface area contributed by atoms with E-state index in [0.717, 1.165) is 30.6 Å². The lowest BCUT2D eigenvalue weighted by molar-refractivity contribution is -0.122. The molecule has 2 heteroatoms. The highest BCUT2D eigenvalue weighted by atomic mass is 16.1. The predicted molar refractivity (Wildman–Crippen MR) is 98.4 cm³/mol. The molecule has 2 fully saturated rings. The Morgan fingerprint density at radius 3 is 2.17 bits per heavy atom. The maximum Gasteiger partial charge on any atom is 0.220 e. The van der Waals surface area contributed by atoms with Gasteiger partial charge in [-0.15, -0.1) is 0 Å². The number of unbranched alkanes of at least 4 members (excludes halogenated alkanes) is 8. The van der Waals surface area contributed by atoms with Crippen LogP contribution < -0.4 is 5.32 Å². The fourth-order valence-electron chi connectivity index (χ4n) is 4.94. The van der Waals surface area contributed by atoms with Crippen molar-refractivity contribution in [2.24, 2.45) is 17.8 Å². The minimum atomic E-state index is 0.295. The molecule has 0 aromatic rings. The molecule has 2 aliphatic rings. The molecule has 0 heterocycles. The molecule has 0 aromatic carbocycles. The zero-order chi connectivity index (χ0) is 16.5. The van der Waals surface area contributed by atoms with Crippen molar-refractivity contribution < 1.29 is 4.79 Å². The predicted octanol–water partition coefficient (Wildman–Crippen LogP) is 5.85. The van der Waals surface area contributed by atoms with Crippen molar-refractivity contribution >= 4 is 5.91 Å². The molecular formula is C21H39NO. The van der Waals surface area contributed by atoms with Crippen LogP contribution in [-0.2, 0) is 4.79 Å². The number of amides is 1. The van der Waals surface area contributed by atoms with Crippen molar-refractivity contribution in [1.29, 1.82) is 0 Å². The highest BCUT2D eigenvalue weighted by Crippen LogP contribution is 2.49. The summed E-state index contributed by atoms with van der Waals surface area (Å²) in [5.41, 5.74) is 0. The molecule has 134 valence electrons. The Balaban J connectivity index is 1.44. The summed E-state index contributed by atoms with van der Waals surface area (Å²) in [7, 11) is 0. The molecule has 2 nitrogen and oxygen atoms in total. The summed E-state index contributed by atoms with van der Waals surface area (Å²) in [4.78, 5) is 12.1. The molecule has 2 saturated carbocycles. The summed E-state index contributed by atoms with van der Waals surface area (Å²) in [5.74, 6) is 2.94. The maximum atomic E-state index is 12.1. The highest BCUT2D eigenvalue weighted by Gasteiger charge is 2.41. The Morgan fingerprint density at radius 1 is 0.957 bits per heavy atom. The Labute approximate surface area is 144 Å². The smallest absolute Gasteiger partial charge is 0.220 e. The number of carbonyl (C=O) groups is 1. The van der Waals surface area contributed by atoms with E-state index in [0.29, 0.717) is 11.9 Å². The van der Waals surface area contributed by atoms with E-state index in [2.05, 4.69) is 19.2 Å². The van der Waals surface area contributed by atoms with Gasteiger partial charge < -0.3 is 5.32 Å². The second-order valence-electron chi connectivity index (χ2n) is 8.27. The monoisotopic (exact) mass is 321 g/mol. The second kappa shape index (κ2) is 10.4. The van der Waals surface area contributed by atoms with Gasteiger partial charge in [-0.2, -0.15) is 0 Å². The first-order valence-corrected chi connectivity index (χ1v) is 10.5. The van der Waals surface area contributed by atoms with Gasteiger partial charge in [-0.3, -0.25) is 4.79 Å². The van der Waals surface area contributed by atoms with Gasteiger partial charge in [0, 0.05) is 12.5 Å². The number of carbonyl (C=O) groups excluding carboxylic acids is 1. The SMILES string of the molecule is CCCCCCCCCCCC(=O)NC(C)C1CC2CCC1C2. The van der Waals surface area contributed by atoms with E-state index >= 15 is 0 Å². The summed E-state index contributed by atoms with van der Waals surface area (Å²) in [6.07, 6.45) is 18.3. The summed E-state index contributed by atoms with van der Waals surface area (Å²) in [5, 5.41) is 3.29. The first kappa shape index (κ1) is 18.8. The number of hydrogen-bond donors (Lipinski definition) is 1. The average Bonchev–Trinajstić information content (AvgIpc) is 3.16. The van der Waals surface area contributed by atoms with Crippen LogP contribution in [0.2, 0.25) is 0 Å². The number of rotatable bonds is 12. The molecular weight excluding hydrogens is 282 g/mol. The van der Waals surface area contributed by atoms with Gasteiger partial charge in [0.15, 0.2) is 0 Å². The van der Waals surface area contributed by atoms with Crippen LogP contribution in [0.15, 0.2) is 0 Å². The van der Waals surface area contributed by atoms with Gasteiger partial charge in [0.25, 0.3) is 0 Å². The molecule has 23 heavy (non-hydrogen) atoms. The molecule has 0 aliphatic heterocycles. The van der Waals surface area contributed by atoms with Gasteiger partial charge in [0.05, 0.1) is 0 Å². The Bertz CT molecular complexity index is 341. The summed E-state index contributed by atoms with van der Waals surface area (Å²) in [6, 6.07) is 0.399. The molecule has 0 aromatic heterocycles. The van der Waals surface area contributed by atoms with Crippen LogP contribution in [0.3, 0.4) is 0 Å². The van der Waals surface area contributed by atoms with E-state index in [1.54, 1.807) is 0 Å². The van der Waals surface area contributed by atoms with Gasteiger partial charge in [0.1, 0.15) is 0 Å². The maximum absolute atomic E-state index is 12.1. The van der Waals surface area contributed by atoms with Gasteiger partial charge >= 0.3 is 0 Å². The van der Waals surface area contributed by atoms with Crippen molar-refractivity contribution in [1.82, 2.24) is 5.32 Å². The summed E-state index contributed by atoms with van der Waals surface area (Å²) in [6.45, 7) is 4.50. The van der Waals surface area contributed by atoms with Gasteiger partial charge in [-0.1, -0.05) is 64.7 Å². The van der Waals surface area contributed by atoms with Crippen LogP contribution in [0.4, 0.5) is 0 Å². The van der Waals surface area contributed by atoms with Gasteiger partial charge in [-0.25, -0.2) is 0 Å². The molecule has 4 atom stereocenters. The standard InChI is InChI=1S/C21H39NO/c1-3-4-5-6-7-8-9-10-11-12-21(23)22-17(2)20-16-18-13-14-19(20)15-18/h17-20H,3-16H2,1-2H3,(H,22,23). The third kappa shape index (κ3) is 6.47. The lowest BCUT2D eigenvalue weighted by Gasteiger charge is -2.28. The molecule has 0 radical (unpaired) electrons. The first-order valence-electron chi connectivity index (χ1n) is 10.5. The summed E-state index contributed by atoms with van der Waals surface area (Å²) < 4.78 is 0. The minimum Gasteiger partial charge on any atom is -0.353 e. The van der Waals surface area contributed by atoms with E-state index < -0.39 is 0 Å². The van der Waals surface area contributed by atoms with E-state index in [-0.39, 0.29) is 0 Å². The first-order chi connectivity index (χ1) is 11.2. The van der Waals surface area contributed by atoms with Crippen LogP contribution in [0, 0.1) is 17.8 Å². The molecule has 1 N–H and O–H groups in total. The zero-order valence-corrected chi connectivity index (χ0v) is 15.6. The number of hydrogen-bond acceptors (Lipinski definition) is 1. The van der Waals surface area contributed by atoms with Crippen LogP contribution in [-0.4, -0.2) is 11.9 Å². The number of nitrogens with one attached hydrogen (secondary N) is 1. The van der Waals surface area contributed by atoms with Gasteiger partial charge in [0.2, 0.25) is 5.91 Å². The Morgan fingerprint density at radius 2 is 1.61 bits per heavy atom. The molecule has 2 aliphatic carbocycles. The van der Waals surface area contributed by atoms with Crippen molar-refractivity contribution in [3.8, 4) is 0 Å². The Kier molecular flexibility index (Phi) is 8.47. The molecule has 0 saturated heterocycles. The fraction of sp³-hybridized carbons (Fsp3) is 0.952. The van der Waals surface area contributed by atoms with Crippen LogP contribution >= 0.6 is 0 Å². The van der Waals surface area contributed by atoms with Crippen molar-refractivity contribution in [3.63, 3.8) is 0 Å². The van der Waals surface area contributed by atoms with Crippen molar-refractivity contribution in [2.75, 3.05) is 0 Å². The fourth-order valence-corrected chi connectivity index (χ4v) is 4.94. The molecule has 2 bridgehead atoms. The van der Waals surface area contributed by atoms with E-state index in [1.807, 2.05) is 0 Å². The molecule has 2 rings (SSSR count). The summed E-state index contributed by atoms with van der Waals surface area (Å²) >= 11 is 0. The number of fused-ring (bicyclic) bond motifs is 2. The average molecular weight is 322 g/mol. The highest BCUT2D eigenvalue weighted by molar-refractivity contribution is 5.76. The quantitative estimate of drug-likeness (QED) is 0.449. The van der Waals surface area contributed by atoms with E-state index in [9.17, 15) is 4.79 Å². The normalized spacial score (nSPS) is 27.3. The van der Waals surface area contributed by atoms with E-state index in [1.165, 1.54) is 77.0 Å². The third-order valence-electron chi connectivity index (χ3n) is 6.33. The second-order valence-corrected chi connectivity index (χ2v) is 8.27.